The van der Waals surface area contributed by atoms with E-state index in [1.165, 1.54) is 0 Å². The van der Waals surface area contributed by atoms with Gasteiger partial charge >= 0.3 is 17.9 Å². The molecule has 5 saturated carbocycles. The quantitative estimate of drug-likeness (QED) is 0.152. The largest absolute Gasteiger partial charge is 0.438 e. The highest BCUT2D eigenvalue weighted by atomic mass is 16.7. The molecule has 5 unspecified atom stereocenters. The Labute approximate surface area is 302 Å². The fourth-order valence-corrected chi connectivity index (χ4v) is 12.8. The van der Waals surface area contributed by atoms with Gasteiger partial charge in [0.1, 0.15) is 0 Å². The molecular weight excluding hydrogens is 632 g/mol. The van der Waals surface area contributed by atoms with Crippen molar-refractivity contribution >= 4 is 17.9 Å². The van der Waals surface area contributed by atoms with Crippen LogP contribution in [0.15, 0.2) is 0 Å². The van der Waals surface area contributed by atoms with E-state index in [0.29, 0.717) is 24.4 Å². The molecule has 0 aromatic carbocycles. The number of ether oxygens (including phenoxy) is 4. The van der Waals surface area contributed by atoms with E-state index in [1.54, 1.807) is 20.8 Å². The minimum Gasteiger partial charge on any atom is -0.438 e. The Balaban J connectivity index is 1.42. The molecule has 0 spiro atoms. The summed E-state index contributed by atoms with van der Waals surface area (Å²) in [6.45, 7) is 25.4. The van der Waals surface area contributed by atoms with Crippen LogP contribution in [-0.2, 0) is 33.3 Å². The maximum Gasteiger partial charge on any atom is 0.315 e. The predicted octanol–water partition coefficient (Wildman–Crippen LogP) is 8.72. The summed E-state index contributed by atoms with van der Waals surface area (Å²) >= 11 is 0. The zero-order chi connectivity index (χ0) is 37.3. The lowest BCUT2D eigenvalue weighted by Crippen LogP contribution is -2.67. The number of aliphatic hydroxyl groups is 1. The van der Waals surface area contributed by atoms with Crippen LogP contribution in [0.25, 0.3) is 0 Å². The summed E-state index contributed by atoms with van der Waals surface area (Å²) in [4.78, 5) is 39.3. The van der Waals surface area contributed by atoms with Gasteiger partial charge in [0, 0.05) is 0 Å². The summed E-state index contributed by atoms with van der Waals surface area (Å²) in [5, 5.41) is 11.1. The second-order valence-electron chi connectivity index (χ2n) is 20.8. The van der Waals surface area contributed by atoms with E-state index >= 15 is 0 Å². The molecular formula is C42H70O8. The zero-order valence-corrected chi connectivity index (χ0v) is 33.5. The Morgan fingerprint density at radius 1 is 0.700 bits per heavy atom. The minimum atomic E-state index is -0.676. The number of carbonyl (C=O) groups is 3. The Hall–Kier alpha value is -1.67. The van der Waals surface area contributed by atoms with Crippen molar-refractivity contribution in [2.24, 2.45) is 73.4 Å². The molecule has 0 aromatic rings. The lowest BCUT2D eigenvalue weighted by atomic mass is 9.32. The van der Waals surface area contributed by atoms with Crippen LogP contribution in [0.2, 0.25) is 0 Å². The number of aliphatic hydroxyl groups excluding tert-OH is 1. The van der Waals surface area contributed by atoms with Crippen LogP contribution in [0.3, 0.4) is 0 Å². The van der Waals surface area contributed by atoms with E-state index in [-0.39, 0.29) is 77.0 Å². The second kappa shape index (κ2) is 13.3. The molecule has 8 heteroatoms. The molecule has 0 heterocycles. The highest BCUT2D eigenvalue weighted by molar-refractivity contribution is 5.79. The normalized spacial score (nSPS) is 41.5. The molecule has 5 aliphatic carbocycles. The standard InChI is InChI=1S/C42H70O8/c1-26(23-47-24-48-33(44)36(2,3)4)27-15-20-42(35(46)50-25-49-34(45)37(5,6)7)22-21-40(11)28(32(27)42)13-14-30-39(10)18-17-31(43)38(8,9)29(39)16-19-41(30,40)12/h26-32,43H,13-25H2,1-12H3/t26?,27-,28?,29?,30?,31-,32?,39-,40+,41+,42-/m0/s1. The van der Waals surface area contributed by atoms with Crippen LogP contribution in [0, 0.1) is 73.4 Å². The summed E-state index contributed by atoms with van der Waals surface area (Å²) in [6, 6.07) is 0. The third kappa shape index (κ3) is 6.36. The van der Waals surface area contributed by atoms with Crippen molar-refractivity contribution in [3.05, 3.63) is 0 Å². The van der Waals surface area contributed by atoms with Gasteiger partial charge in [-0.2, -0.15) is 0 Å². The fourth-order valence-electron chi connectivity index (χ4n) is 12.8. The summed E-state index contributed by atoms with van der Waals surface area (Å²) in [5.41, 5.74) is -1.65. The fraction of sp³-hybridized carbons (Fsp3) is 0.929. The summed E-state index contributed by atoms with van der Waals surface area (Å²) in [5.74, 6) is 1.05. The first-order valence-corrected chi connectivity index (χ1v) is 19.7. The van der Waals surface area contributed by atoms with E-state index in [9.17, 15) is 19.5 Å². The molecule has 0 radical (unpaired) electrons. The van der Waals surface area contributed by atoms with Gasteiger partial charge in [-0.3, -0.25) is 14.4 Å². The molecule has 0 bridgehead atoms. The maximum atomic E-state index is 14.4. The third-order valence-electron chi connectivity index (χ3n) is 15.9. The Morgan fingerprint density at radius 2 is 1.32 bits per heavy atom. The van der Waals surface area contributed by atoms with E-state index < -0.39 is 16.2 Å². The highest BCUT2D eigenvalue weighted by Gasteiger charge is 2.72. The van der Waals surface area contributed by atoms with Crippen LogP contribution in [0.1, 0.15) is 147 Å². The molecule has 8 nitrogen and oxygen atoms in total. The van der Waals surface area contributed by atoms with Crippen LogP contribution in [0.4, 0.5) is 0 Å². The smallest absolute Gasteiger partial charge is 0.315 e. The Bertz CT molecular complexity index is 1290. The maximum absolute atomic E-state index is 14.4. The average Bonchev–Trinajstić information content (AvgIpc) is 3.41. The van der Waals surface area contributed by atoms with E-state index in [1.807, 2.05) is 20.8 Å². The molecule has 1 N–H and O–H groups in total. The summed E-state index contributed by atoms with van der Waals surface area (Å²) < 4.78 is 22.8. The van der Waals surface area contributed by atoms with Crippen molar-refractivity contribution in [2.75, 3.05) is 20.2 Å². The lowest BCUT2D eigenvalue weighted by Gasteiger charge is -2.72. The molecule has 0 saturated heterocycles. The number of carbonyl (C=O) groups excluding carboxylic acids is 3. The van der Waals surface area contributed by atoms with Gasteiger partial charge in [0.25, 0.3) is 0 Å². The van der Waals surface area contributed by atoms with Crippen molar-refractivity contribution in [3.8, 4) is 0 Å². The zero-order valence-electron chi connectivity index (χ0n) is 33.5. The van der Waals surface area contributed by atoms with Crippen molar-refractivity contribution in [1.82, 2.24) is 0 Å². The van der Waals surface area contributed by atoms with Gasteiger partial charge in [0.15, 0.2) is 6.79 Å². The van der Waals surface area contributed by atoms with Crippen molar-refractivity contribution < 1.29 is 38.4 Å². The van der Waals surface area contributed by atoms with E-state index in [0.717, 1.165) is 64.2 Å². The molecule has 286 valence electrons. The SMILES string of the molecule is CC(COCOC(=O)C(C)(C)C)[C@@H]1CC[C@]2(C(=O)OCOC(=O)C(C)(C)C)CC[C@]3(C)C(CCC4[C@@]5(C)CC[C@H](O)C(C)(C)C5CC[C@]43C)C12. The first kappa shape index (κ1) is 39.5. The first-order valence-electron chi connectivity index (χ1n) is 19.7. The van der Waals surface area contributed by atoms with Gasteiger partial charge in [0.2, 0.25) is 6.79 Å². The molecule has 5 aliphatic rings. The van der Waals surface area contributed by atoms with Gasteiger partial charge in [-0.1, -0.05) is 41.5 Å². The molecule has 0 aliphatic heterocycles. The van der Waals surface area contributed by atoms with Crippen LogP contribution in [0.5, 0.6) is 0 Å². The Kier molecular flexibility index (Phi) is 10.5. The van der Waals surface area contributed by atoms with Gasteiger partial charge < -0.3 is 24.1 Å². The van der Waals surface area contributed by atoms with Crippen LogP contribution in [-0.4, -0.2) is 49.3 Å². The van der Waals surface area contributed by atoms with Gasteiger partial charge in [-0.05, 0) is 163 Å². The number of esters is 3. The summed E-state index contributed by atoms with van der Waals surface area (Å²) in [7, 11) is 0. The Morgan fingerprint density at radius 3 is 1.94 bits per heavy atom. The van der Waals surface area contributed by atoms with Gasteiger partial charge in [-0.25, -0.2) is 0 Å². The topological polar surface area (TPSA) is 108 Å². The average molecular weight is 703 g/mol. The molecule has 50 heavy (non-hydrogen) atoms. The molecule has 5 fully saturated rings. The van der Waals surface area contributed by atoms with Crippen LogP contribution >= 0.6 is 0 Å². The second-order valence-corrected chi connectivity index (χ2v) is 20.8. The highest BCUT2D eigenvalue weighted by Crippen LogP contribution is 2.77. The van der Waals surface area contributed by atoms with Crippen molar-refractivity contribution in [1.29, 1.82) is 0 Å². The number of hydrogen-bond acceptors (Lipinski definition) is 8. The summed E-state index contributed by atoms with van der Waals surface area (Å²) in [6.07, 6.45) is 9.62. The van der Waals surface area contributed by atoms with E-state index in [2.05, 4.69) is 41.5 Å². The lowest BCUT2D eigenvalue weighted by molar-refractivity contribution is -0.251. The van der Waals surface area contributed by atoms with Gasteiger partial charge in [0.05, 0.1) is 29.0 Å². The van der Waals surface area contributed by atoms with Crippen LogP contribution < -0.4 is 0 Å². The number of rotatable bonds is 8. The van der Waals surface area contributed by atoms with Crippen molar-refractivity contribution in [2.45, 2.75) is 153 Å². The molecule has 5 rings (SSSR count). The monoisotopic (exact) mass is 703 g/mol. The third-order valence-corrected chi connectivity index (χ3v) is 15.9. The number of fused-ring (bicyclic) bond motifs is 7. The molecule has 0 aromatic heterocycles. The minimum absolute atomic E-state index is 0.0443. The van der Waals surface area contributed by atoms with Crippen molar-refractivity contribution in [3.63, 3.8) is 0 Å². The number of hydrogen-bond donors (Lipinski definition) is 1. The molecule has 0 amide bonds. The first-order chi connectivity index (χ1) is 23.0. The van der Waals surface area contributed by atoms with E-state index in [4.69, 9.17) is 18.9 Å². The molecule has 11 atom stereocenters. The van der Waals surface area contributed by atoms with Gasteiger partial charge in [-0.15, -0.1) is 0 Å². The predicted molar refractivity (Wildman–Crippen MR) is 192 cm³/mol.